The van der Waals surface area contributed by atoms with Gasteiger partial charge in [-0.15, -0.1) is 0 Å². The molecule has 0 fully saturated rings. The number of rotatable bonds is 8. The lowest BCUT2D eigenvalue weighted by Crippen LogP contribution is -2.24. The van der Waals surface area contributed by atoms with Gasteiger partial charge in [-0.1, -0.05) is 72.2 Å². The zero-order valence-corrected chi connectivity index (χ0v) is 15.0. The monoisotopic (exact) mass is 289 g/mol. The van der Waals surface area contributed by atoms with E-state index in [1.807, 2.05) is 0 Å². The molecule has 0 bridgehead atoms. The molecular weight excluding hydrogens is 254 g/mol. The van der Waals surface area contributed by atoms with Gasteiger partial charge in [0, 0.05) is 6.04 Å². The van der Waals surface area contributed by atoms with Crippen molar-refractivity contribution < 1.29 is 0 Å². The molecule has 0 saturated carbocycles. The van der Waals surface area contributed by atoms with Crippen LogP contribution < -0.4 is 5.32 Å². The SMILES string of the molecule is CCCc1ccc(C(CC(C)CC(C)(C)C)NCC)cc1. The molecule has 120 valence electrons. The molecule has 0 amide bonds. The van der Waals surface area contributed by atoms with E-state index >= 15 is 0 Å². The maximum Gasteiger partial charge on any atom is 0.0322 e. The number of hydrogen-bond donors (Lipinski definition) is 1. The largest absolute Gasteiger partial charge is 0.310 e. The molecular formula is C20H35N. The lowest BCUT2D eigenvalue weighted by Gasteiger charge is -2.27. The number of nitrogens with one attached hydrogen (secondary N) is 1. The van der Waals surface area contributed by atoms with Crippen LogP contribution in [-0.4, -0.2) is 6.54 Å². The highest BCUT2D eigenvalue weighted by Crippen LogP contribution is 2.30. The zero-order valence-electron chi connectivity index (χ0n) is 15.0. The van der Waals surface area contributed by atoms with E-state index in [1.54, 1.807) is 0 Å². The highest BCUT2D eigenvalue weighted by Gasteiger charge is 2.19. The van der Waals surface area contributed by atoms with Gasteiger partial charge in [0.1, 0.15) is 0 Å². The molecule has 1 nitrogen and oxygen atoms in total. The minimum absolute atomic E-state index is 0.418. The van der Waals surface area contributed by atoms with Crippen LogP contribution >= 0.6 is 0 Å². The van der Waals surface area contributed by atoms with Crippen molar-refractivity contribution in [3.05, 3.63) is 35.4 Å². The smallest absolute Gasteiger partial charge is 0.0322 e. The van der Waals surface area contributed by atoms with E-state index in [-0.39, 0.29) is 0 Å². The summed E-state index contributed by atoms with van der Waals surface area (Å²) in [4.78, 5) is 0. The maximum atomic E-state index is 3.67. The zero-order chi connectivity index (χ0) is 15.9. The Morgan fingerprint density at radius 3 is 2.14 bits per heavy atom. The minimum Gasteiger partial charge on any atom is -0.310 e. The molecule has 21 heavy (non-hydrogen) atoms. The molecule has 1 heteroatoms. The topological polar surface area (TPSA) is 12.0 Å². The lowest BCUT2D eigenvalue weighted by atomic mass is 9.82. The summed E-state index contributed by atoms with van der Waals surface area (Å²) in [6.07, 6.45) is 4.91. The van der Waals surface area contributed by atoms with Gasteiger partial charge in [-0.25, -0.2) is 0 Å². The maximum absolute atomic E-state index is 3.67. The van der Waals surface area contributed by atoms with Gasteiger partial charge >= 0.3 is 0 Å². The Bertz CT molecular complexity index is 385. The fourth-order valence-electron chi connectivity index (χ4n) is 3.32. The summed E-state index contributed by atoms with van der Waals surface area (Å²) >= 11 is 0. The van der Waals surface area contributed by atoms with Crippen LogP contribution in [0.5, 0.6) is 0 Å². The molecule has 1 rings (SSSR count). The average Bonchev–Trinajstić information content (AvgIpc) is 2.37. The van der Waals surface area contributed by atoms with Crippen molar-refractivity contribution in [2.75, 3.05) is 6.54 Å². The standard InChI is InChI=1S/C20H35N/c1-7-9-17-10-12-18(13-11-17)19(21-8-2)14-16(3)15-20(4,5)6/h10-13,16,19,21H,7-9,14-15H2,1-6H3. The van der Waals surface area contributed by atoms with Crippen molar-refractivity contribution in [3.63, 3.8) is 0 Å². The molecule has 0 aliphatic rings. The summed E-state index contributed by atoms with van der Waals surface area (Å²) in [5.74, 6) is 0.740. The average molecular weight is 290 g/mol. The Kier molecular flexibility index (Phi) is 7.45. The molecule has 0 saturated heterocycles. The minimum atomic E-state index is 0.418. The van der Waals surface area contributed by atoms with Gasteiger partial charge in [-0.05, 0) is 48.3 Å². The Morgan fingerprint density at radius 1 is 1.05 bits per heavy atom. The fourth-order valence-corrected chi connectivity index (χ4v) is 3.32. The van der Waals surface area contributed by atoms with Crippen molar-refractivity contribution in [2.24, 2.45) is 11.3 Å². The first-order valence-corrected chi connectivity index (χ1v) is 8.68. The van der Waals surface area contributed by atoms with Gasteiger partial charge in [0.15, 0.2) is 0 Å². The molecule has 1 aromatic carbocycles. The summed E-state index contributed by atoms with van der Waals surface area (Å²) in [5, 5.41) is 3.67. The molecule has 1 aromatic rings. The molecule has 0 aromatic heterocycles. The van der Waals surface area contributed by atoms with Crippen molar-refractivity contribution in [2.45, 2.75) is 73.3 Å². The Labute approximate surface area is 132 Å². The van der Waals surface area contributed by atoms with Crippen molar-refractivity contribution in [1.29, 1.82) is 0 Å². The van der Waals surface area contributed by atoms with Crippen LogP contribution in [0.25, 0.3) is 0 Å². The number of aryl methyl sites for hydroxylation is 1. The van der Waals surface area contributed by atoms with E-state index in [0.29, 0.717) is 11.5 Å². The molecule has 2 atom stereocenters. The summed E-state index contributed by atoms with van der Waals surface area (Å²) in [5.41, 5.74) is 3.32. The van der Waals surface area contributed by atoms with Crippen LogP contribution in [0.3, 0.4) is 0 Å². The Hall–Kier alpha value is -0.820. The first-order chi connectivity index (χ1) is 9.85. The highest BCUT2D eigenvalue weighted by molar-refractivity contribution is 5.25. The van der Waals surface area contributed by atoms with E-state index in [9.17, 15) is 0 Å². The van der Waals surface area contributed by atoms with E-state index < -0.39 is 0 Å². The molecule has 0 heterocycles. The van der Waals surface area contributed by atoms with Crippen molar-refractivity contribution >= 4 is 0 Å². The van der Waals surface area contributed by atoms with Crippen LogP contribution in [0.2, 0.25) is 0 Å². The fraction of sp³-hybridized carbons (Fsp3) is 0.700. The van der Waals surface area contributed by atoms with Gasteiger partial charge < -0.3 is 5.32 Å². The van der Waals surface area contributed by atoms with E-state index in [4.69, 9.17) is 0 Å². The number of hydrogen-bond acceptors (Lipinski definition) is 1. The van der Waals surface area contributed by atoms with Crippen LogP contribution in [0, 0.1) is 11.3 Å². The summed E-state index contributed by atoms with van der Waals surface area (Å²) in [6, 6.07) is 9.74. The molecule has 0 aliphatic carbocycles. The third-order valence-electron chi connectivity index (χ3n) is 3.97. The number of benzene rings is 1. The van der Waals surface area contributed by atoms with Gasteiger partial charge in [0.05, 0.1) is 0 Å². The highest BCUT2D eigenvalue weighted by atomic mass is 14.9. The third-order valence-corrected chi connectivity index (χ3v) is 3.97. The quantitative estimate of drug-likeness (QED) is 0.642. The van der Waals surface area contributed by atoms with E-state index in [0.717, 1.165) is 12.5 Å². The van der Waals surface area contributed by atoms with Crippen molar-refractivity contribution in [1.82, 2.24) is 5.32 Å². The van der Waals surface area contributed by atoms with Crippen LogP contribution in [0.15, 0.2) is 24.3 Å². The Morgan fingerprint density at radius 2 is 1.67 bits per heavy atom. The first-order valence-electron chi connectivity index (χ1n) is 8.68. The first kappa shape index (κ1) is 18.2. The van der Waals surface area contributed by atoms with Crippen LogP contribution in [0.1, 0.15) is 78.0 Å². The molecule has 2 unspecified atom stereocenters. The van der Waals surface area contributed by atoms with E-state index in [1.165, 1.54) is 36.8 Å². The molecule has 0 radical (unpaired) electrons. The van der Waals surface area contributed by atoms with Crippen molar-refractivity contribution in [3.8, 4) is 0 Å². The lowest BCUT2D eigenvalue weighted by molar-refractivity contribution is 0.276. The summed E-state index contributed by atoms with van der Waals surface area (Å²) < 4.78 is 0. The second kappa shape index (κ2) is 8.58. The third kappa shape index (κ3) is 7.13. The van der Waals surface area contributed by atoms with Gasteiger partial charge in [0.2, 0.25) is 0 Å². The normalized spacial score (nSPS) is 15.0. The van der Waals surface area contributed by atoms with Gasteiger partial charge in [-0.3, -0.25) is 0 Å². The van der Waals surface area contributed by atoms with Gasteiger partial charge in [-0.2, -0.15) is 0 Å². The molecule has 1 N–H and O–H groups in total. The summed E-state index contributed by atoms with van der Waals surface area (Å²) in [7, 11) is 0. The van der Waals surface area contributed by atoms with Crippen LogP contribution in [0.4, 0.5) is 0 Å². The predicted octanol–water partition coefficient (Wildman–Crippen LogP) is 5.75. The predicted molar refractivity (Wildman–Crippen MR) is 94.7 cm³/mol. The second-order valence-corrected chi connectivity index (χ2v) is 7.71. The van der Waals surface area contributed by atoms with E-state index in [2.05, 4.69) is 71.1 Å². The molecule has 0 aliphatic heterocycles. The summed E-state index contributed by atoms with van der Waals surface area (Å²) in [6.45, 7) is 14.9. The second-order valence-electron chi connectivity index (χ2n) is 7.71. The molecule has 0 spiro atoms. The Balaban J connectivity index is 2.71. The van der Waals surface area contributed by atoms with Crippen LogP contribution in [-0.2, 0) is 6.42 Å². The van der Waals surface area contributed by atoms with Gasteiger partial charge in [0.25, 0.3) is 0 Å².